The number of halogens is 1. The average Bonchev–Trinajstić information content (AvgIpc) is 3.03. The Morgan fingerprint density at radius 1 is 1.14 bits per heavy atom. The number of allylic oxidation sites excluding steroid dienone is 6. The molecular weight excluding hydrogens is 404 g/mol. The largest absolute Gasteiger partial charge is 0.307 e. The van der Waals surface area contributed by atoms with E-state index in [0.717, 1.165) is 28.1 Å². The number of carbonyl (C=O) groups excluding carboxylic acids is 2. The molecule has 0 atom stereocenters. The van der Waals surface area contributed by atoms with Crippen LogP contribution in [0.3, 0.4) is 0 Å². The Hall–Kier alpha value is -2.50. The molecule has 6 heteroatoms. The Morgan fingerprint density at radius 3 is 2.48 bits per heavy atom. The molecule has 0 spiro atoms. The molecule has 0 saturated carbocycles. The zero-order valence-corrected chi connectivity index (χ0v) is 18.5. The molecular formula is C23H25ClN2O2S. The van der Waals surface area contributed by atoms with Crippen LogP contribution in [0.25, 0.3) is 16.8 Å². The van der Waals surface area contributed by atoms with E-state index in [2.05, 4.69) is 28.7 Å². The van der Waals surface area contributed by atoms with E-state index < -0.39 is 0 Å². The molecule has 0 bridgehead atoms. The molecule has 2 heterocycles. The highest BCUT2D eigenvalue weighted by atomic mass is 35.5. The average molecular weight is 429 g/mol. The van der Waals surface area contributed by atoms with Gasteiger partial charge in [-0.2, -0.15) is 12.6 Å². The quantitative estimate of drug-likeness (QED) is 0.633. The third-order valence-corrected chi connectivity index (χ3v) is 4.43. The van der Waals surface area contributed by atoms with Crippen molar-refractivity contribution in [1.82, 2.24) is 9.97 Å². The topological polar surface area (TPSA) is 59.9 Å². The van der Waals surface area contributed by atoms with Crippen molar-refractivity contribution in [2.75, 3.05) is 5.75 Å². The minimum atomic E-state index is 0.0152. The SMILES string of the molecule is C=O.CC.Cc1ccc(-c2ncc(Cl)cc2C2=CCC=C(C(=O)CS)C=C2)cn1. The lowest BCUT2D eigenvalue weighted by Gasteiger charge is -2.10. The lowest BCUT2D eigenvalue weighted by Crippen LogP contribution is -2.01. The van der Waals surface area contributed by atoms with Crippen molar-refractivity contribution in [1.29, 1.82) is 0 Å². The molecule has 152 valence electrons. The van der Waals surface area contributed by atoms with Gasteiger partial charge in [0.1, 0.15) is 6.79 Å². The maximum atomic E-state index is 11.9. The highest BCUT2D eigenvalue weighted by molar-refractivity contribution is 7.81. The maximum Gasteiger partial charge on any atom is 0.172 e. The van der Waals surface area contributed by atoms with E-state index >= 15 is 0 Å². The van der Waals surface area contributed by atoms with Crippen LogP contribution >= 0.6 is 24.2 Å². The van der Waals surface area contributed by atoms with E-state index in [0.29, 0.717) is 17.0 Å². The number of thiol groups is 1. The Kier molecular flexibility index (Phi) is 10.9. The predicted molar refractivity (Wildman–Crippen MR) is 124 cm³/mol. The van der Waals surface area contributed by atoms with Crippen molar-refractivity contribution in [3.8, 4) is 11.3 Å². The minimum Gasteiger partial charge on any atom is -0.307 e. The lowest BCUT2D eigenvalue weighted by molar-refractivity contribution is -0.112. The second-order valence-corrected chi connectivity index (χ2v) is 6.46. The molecule has 3 rings (SSSR count). The third kappa shape index (κ3) is 6.80. The molecule has 0 radical (unpaired) electrons. The van der Waals surface area contributed by atoms with Crippen LogP contribution in [-0.2, 0) is 9.59 Å². The Balaban J connectivity index is 0.000000989. The van der Waals surface area contributed by atoms with Crippen molar-refractivity contribution in [3.63, 3.8) is 0 Å². The smallest absolute Gasteiger partial charge is 0.172 e. The van der Waals surface area contributed by atoms with Crippen molar-refractivity contribution in [3.05, 3.63) is 76.7 Å². The van der Waals surface area contributed by atoms with E-state index in [1.807, 2.05) is 70.2 Å². The summed E-state index contributed by atoms with van der Waals surface area (Å²) in [5.74, 6) is 0.214. The Labute approximate surface area is 182 Å². The van der Waals surface area contributed by atoms with E-state index in [4.69, 9.17) is 16.4 Å². The summed E-state index contributed by atoms with van der Waals surface area (Å²) in [6.07, 6.45) is 11.8. The Morgan fingerprint density at radius 2 is 1.86 bits per heavy atom. The van der Waals surface area contributed by atoms with E-state index in [9.17, 15) is 4.79 Å². The van der Waals surface area contributed by atoms with E-state index in [1.54, 1.807) is 6.20 Å². The van der Waals surface area contributed by atoms with Gasteiger partial charge in [-0.1, -0.05) is 49.8 Å². The summed E-state index contributed by atoms with van der Waals surface area (Å²) in [5.41, 5.74) is 5.26. The molecule has 0 fully saturated rings. The summed E-state index contributed by atoms with van der Waals surface area (Å²) in [5, 5.41) is 0.567. The highest BCUT2D eigenvalue weighted by Gasteiger charge is 2.13. The molecule has 4 nitrogen and oxygen atoms in total. The van der Waals surface area contributed by atoms with Gasteiger partial charge in [0.05, 0.1) is 16.5 Å². The molecule has 2 aromatic heterocycles. The van der Waals surface area contributed by atoms with Crippen molar-refractivity contribution < 1.29 is 9.59 Å². The molecule has 0 N–H and O–H groups in total. The summed E-state index contributed by atoms with van der Waals surface area (Å²) in [4.78, 5) is 28.7. The third-order valence-electron chi connectivity index (χ3n) is 3.93. The highest BCUT2D eigenvalue weighted by Crippen LogP contribution is 2.31. The first-order chi connectivity index (χ1) is 14.1. The summed E-state index contributed by atoms with van der Waals surface area (Å²) in [6.45, 7) is 7.95. The van der Waals surface area contributed by atoms with Gasteiger partial charge in [-0.3, -0.25) is 14.8 Å². The van der Waals surface area contributed by atoms with Crippen LogP contribution in [-0.4, -0.2) is 28.3 Å². The first-order valence-electron chi connectivity index (χ1n) is 9.19. The van der Waals surface area contributed by atoms with Gasteiger partial charge in [0.2, 0.25) is 0 Å². The summed E-state index contributed by atoms with van der Waals surface area (Å²) >= 11 is 10.2. The number of rotatable bonds is 4. The van der Waals surface area contributed by atoms with Crippen molar-refractivity contribution >= 4 is 42.4 Å². The van der Waals surface area contributed by atoms with Crippen LogP contribution in [0.15, 0.2) is 60.5 Å². The number of carbonyl (C=O) groups is 2. The molecule has 2 aromatic rings. The van der Waals surface area contributed by atoms with Gasteiger partial charge in [0, 0.05) is 34.8 Å². The molecule has 0 unspecified atom stereocenters. The number of aromatic nitrogens is 2. The maximum absolute atomic E-state index is 11.9. The van der Waals surface area contributed by atoms with Crippen LogP contribution in [0.2, 0.25) is 5.02 Å². The normalized spacial score (nSPS) is 12.3. The summed E-state index contributed by atoms with van der Waals surface area (Å²) < 4.78 is 0. The van der Waals surface area contributed by atoms with Gasteiger partial charge in [-0.15, -0.1) is 0 Å². The number of hydrogen-bond donors (Lipinski definition) is 1. The van der Waals surface area contributed by atoms with Crippen LogP contribution in [0, 0.1) is 6.92 Å². The molecule has 0 aromatic carbocycles. The second-order valence-electron chi connectivity index (χ2n) is 5.71. The lowest BCUT2D eigenvalue weighted by atomic mass is 9.99. The van der Waals surface area contributed by atoms with E-state index in [1.165, 1.54) is 0 Å². The first-order valence-corrected chi connectivity index (χ1v) is 10.2. The van der Waals surface area contributed by atoms with Gasteiger partial charge in [0.15, 0.2) is 5.78 Å². The standard InChI is InChI=1S/C20H17ClN2OS.C2H6.CH2O/c1-13-5-6-16(10-22-13)20-18(9-17(21)11-23-20)14-3-2-4-15(8-7-14)19(24)12-25;2*1-2/h3-11,25H,2,12H2,1H3;1-2H3;1H2. The minimum absolute atomic E-state index is 0.0152. The number of Topliss-reactive ketones (excluding diaryl/α,β-unsaturated/α-hetero) is 1. The van der Waals surface area contributed by atoms with Gasteiger partial charge in [-0.05, 0) is 37.1 Å². The molecule has 0 amide bonds. The Bertz CT molecular complexity index is 919. The van der Waals surface area contributed by atoms with Gasteiger partial charge < -0.3 is 4.79 Å². The fourth-order valence-electron chi connectivity index (χ4n) is 2.62. The fourth-order valence-corrected chi connectivity index (χ4v) is 2.96. The number of pyridine rings is 2. The zero-order valence-electron chi connectivity index (χ0n) is 16.9. The molecule has 1 aliphatic carbocycles. The van der Waals surface area contributed by atoms with Gasteiger partial charge in [-0.25, -0.2) is 0 Å². The van der Waals surface area contributed by atoms with E-state index in [-0.39, 0.29) is 11.5 Å². The molecule has 0 aliphatic heterocycles. The van der Waals surface area contributed by atoms with Crippen molar-refractivity contribution in [2.24, 2.45) is 0 Å². The van der Waals surface area contributed by atoms with Crippen LogP contribution < -0.4 is 0 Å². The van der Waals surface area contributed by atoms with Gasteiger partial charge in [0.25, 0.3) is 0 Å². The molecule has 1 aliphatic rings. The number of nitrogens with zero attached hydrogens (tertiary/aromatic N) is 2. The second kappa shape index (κ2) is 12.9. The van der Waals surface area contributed by atoms with Crippen LogP contribution in [0.1, 0.15) is 31.5 Å². The zero-order chi connectivity index (χ0) is 21.8. The molecule has 0 saturated heterocycles. The van der Waals surface area contributed by atoms with Crippen molar-refractivity contribution in [2.45, 2.75) is 27.2 Å². The summed E-state index contributed by atoms with van der Waals surface area (Å²) in [7, 11) is 0. The molecule has 29 heavy (non-hydrogen) atoms. The van der Waals surface area contributed by atoms with Crippen LogP contribution in [0.5, 0.6) is 0 Å². The number of aryl methyl sites for hydroxylation is 1. The van der Waals surface area contributed by atoms with Gasteiger partial charge >= 0.3 is 0 Å². The first kappa shape index (κ1) is 24.5. The van der Waals surface area contributed by atoms with Crippen LogP contribution in [0.4, 0.5) is 0 Å². The fraction of sp³-hybridized carbons (Fsp3) is 0.217. The monoisotopic (exact) mass is 428 g/mol. The summed E-state index contributed by atoms with van der Waals surface area (Å²) in [6, 6.07) is 5.85. The number of hydrogen-bond acceptors (Lipinski definition) is 5. The predicted octanol–water partition coefficient (Wildman–Crippen LogP) is 5.72. The number of ketones is 1.